The average Bonchev–Trinajstić information content (AvgIpc) is 3.01. The number of hydroxylamine groups is 2. The molecular formula is C33H38F5N7O4. The zero-order chi connectivity index (χ0) is 36.4. The van der Waals surface area contributed by atoms with Crippen molar-refractivity contribution >= 4 is 35.4 Å². The molecule has 2 aromatic carbocycles. The van der Waals surface area contributed by atoms with Gasteiger partial charge in [-0.3, -0.25) is 9.69 Å². The molecule has 0 bridgehead atoms. The topological polar surface area (TPSA) is 120 Å². The molecule has 0 atom stereocenters. The minimum absolute atomic E-state index is 0.0108. The molecule has 0 aliphatic carbocycles. The zero-order valence-corrected chi connectivity index (χ0v) is 28.1. The number of carbonyl (C=O) groups is 3. The van der Waals surface area contributed by atoms with E-state index in [1.807, 2.05) is 0 Å². The predicted octanol–water partition coefficient (Wildman–Crippen LogP) is 6.49. The number of hydrogen-bond donors (Lipinski definition) is 2. The van der Waals surface area contributed by atoms with Crippen LogP contribution in [0.15, 0.2) is 36.4 Å². The second-order valence-electron chi connectivity index (χ2n) is 12.2. The number of anilines is 3. The Kier molecular flexibility index (Phi) is 11.1. The number of urea groups is 1. The van der Waals surface area contributed by atoms with Gasteiger partial charge in [0.05, 0.1) is 18.3 Å². The zero-order valence-electron chi connectivity index (χ0n) is 28.1. The number of aromatic nitrogens is 2. The Labute approximate surface area is 280 Å². The summed E-state index contributed by atoms with van der Waals surface area (Å²) in [4.78, 5) is 54.9. The predicted molar refractivity (Wildman–Crippen MR) is 172 cm³/mol. The van der Waals surface area contributed by atoms with Crippen molar-refractivity contribution in [2.24, 2.45) is 0 Å². The molecule has 16 heteroatoms. The first-order valence-corrected chi connectivity index (χ1v) is 15.6. The van der Waals surface area contributed by atoms with Gasteiger partial charge in [0.2, 0.25) is 5.95 Å². The SMILES string of the molecule is Cc1ccc(C(=O)N(OC(=O)C(F)(F)F)C(C)C)cc1-c1nc(NCCN(C(C)C)C(C)C)nc2c1CNC(=O)N2c1c(F)cccc1F. The summed E-state index contributed by atoms with van der Waals surface area (Å²) < 4.78 is 69.2. The molecule has 4 rings (SSSR count). The number of para-hydroxylation sites is 1. The standard InChI is InChI=1S/C33H38F5N7O4/c1-17(2)43(18(3)4)14-13-39-31-41-26(23-16-40-32(48)44(28(23)42-31)27-24(34)9-8-10-25(27)35)22-15-21(12-11-20(22)7)29(46)45(19(5)6)49-30(47)33(36,37)38/h8-12,15,17-19H,13-14,16H2,1-7H3,(H,40,48)(H,39,41,42). The fourth-order valence-electron chi connectivity index (χ4n) is 5.44. The molecule has 0 saturated heterocycles. The van der Waals surface area contributed by atoms with Crippen LogP contribution in [0.25, 0.3) is 11.3 Å². The van der Waals surface area contributed by atoms with Crippen molar-refractivity contribution in [2.75, 3.05) is 23.3 Å². The van der Waals surface area contributed by atoms with Crippen molar-refractivity contribution in [3.05, 3.63) is 64.7 Å². The summed E-state index contributed by atoms with van der Waals surface area (Å²) in [7, 11) is 0. The summed E-state index contributed by atoms with van der Waals surface area (Å²) in [6.07, 6.45) is -5.34. The Hall–Kier alpha value is -4.86. The van der Waals surface area contributed by atoms with Crippen LogP contribution in [-0.2, 0) is 16.2 Å². The van der Waals surface area contributed by atoms with Crippen LogP contribution >= 0.6 is 0 Å². The minimum atomic E-state index is -5.34. The molecule has 264 valence electrons. The molecule has 0 saturated carbocycles. The number of hydrogen-bond acceptors (Lipinski definition) is 8. The van der Waals surface area contributed by atoms with Crippen LogP contribution in [0.4, 0.5) is 44.2 Å². The number of nitrogens with zero attached hydrogens (tertiary/aromatic N) is 5. The van der Waals surface area contributed by atoms with Crippen LogP contribution in [0.1, 0.15) is 63.0 Å². The third-order valence-electron chi connectivity index (χ3n) is 7.78. The third kappa shape index (κ3) is 8.07. The Morgan fingerprint density at radius 3 is 2.20 bits per heavy atom. The molecule has 3 amide bonds. The van der Waals surface area contributed by atoms with Gasteiger partial charge in [-0.1, -0.05) is 12.1 Å². The van der Waals surface area contributed by atoms with Gasteiger partial charge in [-0.25, -0.2) is 28.3 Å². The monoisotopic (exact) mass is 691 g/mol. The van der Waals surface area contributed by atoms with Crippen LogP contribution in [0, 0.1) is 18.6 Å². The number of nitrogens with one attached hydrogen (secondary N) is 2. The number of rotatable bonds is 10. The van der Waals surface area contributed by atoms with Crippen molar-refractivity contribution in [2.45, 2.75) is 79.3 Å². The van der Waals surface area contributed by atoms with E-state index in [1.165, 1.54) is 32.0 Å². The van der Waals surface area contributed by atoms with Gasteiger partial charge in [0.15, 0.2) is 5.82 Å². The average molecular weight is 692 g/mol. The van der Waals surface area contributed by atoms with Gasteiger partial charge in [-0.15, -0.1) is 0 Å². The molecule has 0 radical (unpaired) electrons. The first-order chi connectivity index (χ1) is 22.9. The number of aryl methyl sites for hydroxylation is 1. The normalized spacial score (nSPS) is 13.2. The van der Waals surface area contributed by atoms with E-state index < -0.39 is 47.4 Å². The van der Waals surface area contributed by atoms with Crippen molar-refractivity contribution in [1.29, 1.82) is 0 Å². The van der Waals surface area contributed by atoms with Crippen molar-refractivity contribution in [3.8, 4) is 11.3 Å². The highest BCUT2D eigenvalue weighted by Crippen LogP contribution is 2.39. The lowest BCUT2D eigenvalue weighted by atomic mass is 9.97. The van der Waals surface area contributed by atoms with Crippen LogP contribution in [-0.4, -0.2) is 75.2 Å². The Bertz CT molecular complexity index is 1700. The number of alkyl halides is 3. The maximum Gasteiger partial charge on any atom is 0.493 e. The lowest BCUT2D eigenvalue weighted by Gasteiger charge is -2.32. The van der Waals surface area contributed by atoms with E-state index in [9.17, 15) is 27.6 Å². The van der Waals surface area contributed by atoms with Gasteiger partial charge in [0, 0.05) is 41.9 Å². The molecule has 1 aliphatic heterocycles. The maximum absolute atomic E-state index is 15.1. The van der Waals surface area contributed by atoms with Gasteiger partial charge in [0.25, 0.3) is 5.91 Å². The second-order valence-corrected chi connectivity index (χ2v) is 12.2. The Morgan fingerprint density at radius 2 is 1.63 bits per heavy atom. The summed E-state index contributed by atoms with van der Waals surface area (Å²) in [5, 5.41) is 6.05. The van der Waals surface area contributed by atoms with E-state index in [0.29, 0.717) is 29.3 Å². The third-order valence-corrected chi connectivity index (χ3v) is 7.78. The molecule has 2 N–H and O–H groups in total. The van der Waals surface area contributed by atoms with Crippen molar-refractivity contribution < 1.29 is 41.2 Å². The quantitative estimate of drug-likeness (QED) is 0.183. The molecule has 49 heavy (non-hydrogen) atoms. The van der Waals surface area contributed by atoms with E-state index in [4.69, 9.17) is 4.98 Å². The van der Waals surface area contributed by atoms with Crippen molar-refractivity contribution in [3.63, 3.8) is 0 Å². The van der Waals surface area contributed by atoms with E-state index in [1.54, 1.807) is 6.92 Å². The van der Waals surface area contributed by atoms with Gasteiger partial charge < -0.3 is 15.5 Å². The molecule has 1 aromatic heterocycles. The molecule has 0 spiro atoms. The number of amides is 3. The second kappa shape index (κ2) is 14.7. The molecule has 3 aromatic rings. The fourth-order valence-corrected chi connectivity index (χ4v) is 5.44. The maximum atomic E-state index is 15.1. The smallest absolute Gasteiger partial charge is 0.353 e. The van der Waals surface area contributed by atoms with E-state index in [2.05, 4.69) is 53.1 Å². The van der Waals surface area contributed by atoms with Gasteiger partial charge in [-0.05, 0) is 78.3 Å². The van der Waals surface area contributed by atoms with Crippen molar-refractivity contribution in [1.82, 2.24) is 25.2 Å². The highest BCUT2D eigenvalue weighted by atomic mass is 19.4. The molecule has 1 aliphatic rings. The first-order valence-electron chi connectivity index (χ1n) is 15.6. The van der Waals surface area contributed by atoms with E-state index in [0.717, 1.165) is 23.1 Å². The van der Waals surface area contributed by atoms with Crippen LogP contribution < -0.4 is 15.5 Å². The largest absolute Gasteiger partial charge is 0.493 e. The highest BCUT2D eigenvalue weighted by Gasteiger charge is 2.44. The Balaban J connectivity index is 1.87. The van der Waals surface area contributed by atoms with Gasteiger partial charge in [0.1, 0.15) is 17.3 Å². The summed E-state index contributed by atoms with van der Waals surface area (Å²) >= 11 is 0. The van der Waals surface area contributed by atoms with Crippen LogP contribution in [0.2, 0.25) is 0 Å². The summed E-state index contributed by atoms with van der Waals surface area (Å²) in [5.41, 5.74) is 0.465. The Morgan fingerprint density at radius 1 is 1.00 bits per heavy atom. The number of halogens is 5. The number of carbonyl (C=O) groups excluding carboxylic acids is 3. The van der Waals surface area contributed by atoms with Gasteiger partial charge in [-0.2, -0.15) is 23.2 Å². The molecule has 0 unspecified atom stereocenters. The van der Waals surface area contributed by atoms with E-state index in [-0.39, 0.29) is 47.2 Å². The number of benzene rings is 2. The van der Waals surface area contributed by atoms with Crippen LogP contribution in [0.5, 0.6) is 0 Å². The van der Waals surface area contributed by atoms with Crippen LogP contribution in [0.3, 0.4) is 0 Å². The highest BCUT2D eigenvalue weighted by molar-refractivity contribution is 6.02. The molecule has 11 nitrogen and oxygen atoms in total. The molecule has 2 heterocycles. The summed E-state index contributed by atoms with van der Waals surface area (Å²) in [6.45, 7) is 13.4. The lowest BCUT2D eigenvalue weighted by Crippen LogP contribution is -2.43. The first kappa shape index (κ1) is 37.0. The summed E-state index contributed by atoms with van der Waals surface area (Å²) in [5.74, 6) is -5.75. The molecule has 0 fully saturated rings. The van der Waals surface area contributed by atoms with E-state index >= 15 is 8.78 Å². The summed E-state index contributed by atoms with van der Waals surface area (Å²) in [6, 6.07) is 5.99. The molecular weight excluding hydrogens is 653 g/mol. The minimum Gasteiger partial charge on any atom is -0.353 e. The number of fused-ring (bicyclic) bond motifs is 1. The lowest BCUT2D eigenvalue weighted by molar-refractivity contribution is -0.232. The van der Waals surface area contributed by atoms with Gasteiger partial charge >= 0.3 is 18.2 Å². The fraction of sp³-hybridized carbons (Fsp3) is 0.424.